The molecule has 1 N–H and O–H groups in total. The lowest BCUT2D eigenvalue weighted by Crippen LogP contribution is -2.26. The standard InChI is InChI=1S/C18H16ClN3O2/c1-12-18(24)22(16-8-3-2-7-15(16)20-12)10-9-17(23)21-14-6-4-5-13(19)11-14/h2-8,11H,9-10H2,1H3,(H,21,23). The van der Waals surface area contributed by atoms with E-state index in [0.29, 0.717) is 16.4 Å². The number of anilines is 1. The molecule has 1 aromatic heterocycles. The van der Waals surface area contributed by atoms with Gasteiger partial charge in [-0.2, -0.15) is 0 Å². The number of benzene rings is 2. The lowest BCUT2D eigenvalue weighted by atomic mass is 10.2. The van der Waals surface area contributed by atoms with Gasteiger partial charge in [0, 0.05) is 23.7 Å². The van der Waals surface area contributed by atoms with Crippen LogP contribution in [0.3, 0.4) is 0 Å². The summed E-state index contributed by atoms with van der Waals surface area (Å²) in [7, 11) is 0. The second kappa shape index (κ2) is 6.84. The fourth-order valence-corrected chi connectivity index (χ4v) is 2.74. The van der Waals surface area contributed by atoms with Gasteiger partial charge in [0.15, 0.2) is 0 Å². The van der Waals surface area contributed by atoms with Crippen LogP contribution in [0.15, 0.2) is 53.3 Å². The molecule has 0 fully saturated rings. The second-order valence-electron chi connectivity index (χ2n) is 5.45. The number of rotatable bonds is 4. The van der Waals surface area contributed by atoms with Crippen LogP contribution in [0.5, 0.6) is 0 Å². The van der Waals surface area contributed by atoms with Crippen molar-refractivity contribution >= 4 is 34.2 Å². The molecule has 6 heteroatoms. The normalized spacial score (nSPS) is 10.8. The monoisotopic (exact) mass is 341 g/mol. The van der Waals surface area contributed by atoms with Crippen molar-refractivity contribution < 1.29 is 4.79 Å². The van der Waals surface area contributed by atoms with Gasteiger partial charge in [-0.05, 0) is 37.3 Å². The van der Waals surface area contributed by atoms with Gasteiger partial charge in [-0.3, -0.25) is 9.59 Å². The van der Waals surface area contributed by atoms with Crippen molar-refractivity contribution in [2.45, 2.75) is 19.9 Å². The maximum Gasteiger partial charge on any atom is 0.272 e. The molecule has 2 aromatic carbocycles. The fourth-order valence-electron chi connectivity index (χ4n) is 2.55. The van der Waals surface area contributed by atoms with E-state index in [0.717, 1.165) is 11.0 Å². The number of fused-ring (bicyclic) bond motifs is 1. The van der Waals surface area contributed by atoms with Gasteiger partial charge in [0.2, 0.25) is 5.91 Å². The average molecular weight is 342 g/mol. The summed E-state index contributed by atoms with van der Waals surface area (Å²) in [5.74, 6) is -0.178. The van der Waals surface area contributed by atoms with Gasteiger partial charge in [-0.25, -0.2) is 4.98 Å². The Morgan fingerprint density at radius 1 is 1.21 bits per heavy atom. The molecular formula is C18H16ClN3O2. The Bertz CT molecular complexity index is 966. The minimum absolute atomic E-state index is 0.177. The third-order valence-electron chi connectivity index (χ3n) is 3.69. The van der Waals surface area contributed by atoms with Crippen LogP contribution >= 0.6 is 11.6 Å². The van der Waals surface area contributed by atoms with E-state index in [1.807, 2.05) is 24.3 Å². The number of halogens is 1. The second-order valence-corrected chi connectivity index (χ2v) is 5.89. The van der Waals surface area contributed by atoms with Crippen LogP contribution in [0.2, 0.25) is 5.02 Å². The van der Waals surface area contributed by atoms with E-state index in [9.17, 15) is 9.59 Å². The number of carbonyl (C=O) groups is 1. The number of hydrogen-bond acceptors (Lipinski definition) is 3. The molecule has 0 saturated carbocycles. The van der Waals surface area contributed by atoms with Gasteiger partial charge in [0.05, 0.1) is 11.0 Å². The van der Waals surface area contributed by atoms with Gasteiger partial charge in [0.1, 0.15) is 5.69 Å². The Morgan fingerprint density at radius 3 is 2.79 bits per heavy atom. The zero-order valence-electron chi connectivity index (χ0n) is 13.1. The lowest BCUT2D eigenvalue weighted by molar-refractivity contribution is -0.116. The minimum Gasteiger partial charge on any atom is -0.326 e. The number of nitrogens with zero attached hydrogens (tertiary/aromatic N) is 2. The van der Waals surface area contributed by atoms with Crippen LogP contribution in [0.25, 0.3) is 11.0 Å². The van der Waals surface area contributed by atoms with Crippen molar-refractivity contribution in [3.63, 3.8) is 0 Å². The summed E-state index contributed by atoms with van der Waals surface area (Å²) in [5, 5.41) is 3.34. The molecule has 0 radical (unpaired) electrons. The summed E-state index contributed by atoms with van der Waals surface area (Å²) in [6.45, 7) is 1.96. The maximum atomic E-state index is 12.3. The first-order valence-corrected chi connectivity index (χ1v) is 7.94. The zero-order valence-corrected chi connectivity index (χ0v) is 13.9. The number of aryl methyl sites for hydroxylation is 2. The van der Waals surface area contributed by atoms with Gasteiger partial charge >= 0.3 is 0 Å². The van der Waals surface area contributed by atoms with E-state index in [2.05, 4.69) is 10.3 Å². The summed E-state index contributed by atoms with van der Waals surface area (Å²) in [6, 6.07) is 14.4. The van der Waals surface area contributed by atoms with E-state index in [-0.39, 0.29) is 24.4 Å². The first-order chi connectivity index (χ1) is 11.5. The number of para-hydroxylation sites is 2. The molecule has 3 rings (SSSR count). The highest BCUT2D eigenvalue weighted by atomic mass is 35.5. The van der Waals surface area contributed by atoms with Crippen LogP contribution < -0.4 is 10.9 Å². The minimum atomic E-state index is -0.178. The Kier molecular flexibility index (Phi) is 4.62. The lowest BCUT2D eigenvalue weighted by Gasteiger charge is -2.11. The summed E-state index contributed by atoms with van der Waals surface area (Å²) < 4.78 is 1.59. The molecule has 24 heavy (non-hydrogen) atoms. The molecule has 0 atom stereocenters. The van der Waals surface area contributed by atoms with Gasteiger partial charge in [-0.15, -0.1) is 0 Å². The van der Waals surface area contributed by atoms with Crippen molar-refractivity contribution in [3.8, 4) is 0 Å². The quantitative estimate of drug-likeness (QED) is 0.791. The van der Waals surface area contributed by atoms with Crippen LogP contribution in [-0.2, 0) is 11.3 Å². The van der Waals surface area contributed by atoms with Gasteiger partial charge < -0.3 is 9.88 Å². The molecule has 0 saturated heterocycles. The van der Waals surface area contributed by atoms with E-state index in [1.165, 1.54) is 0 Å². The molecule has 122 valence electrons. The highest BCUT2D eigenvalue weighted by molar-refractivity contribution is 6.30. The topological polar surface area (TPSA) is 64.0 Å². The van der Waals surface area contributed by atoms with Crippen molar-refractivity contribution in [2.24, 2.45) is 0 Å². The SMILES string of the molecule is Cc1nc2ccccc2n(CCC(=O)Nc2cccc(Cl)c2)c1=O. The Hall–Kier alpha value is -2.66. The molecule has 1 amide bonds. The van der Waals surface area contributed by atoms with Gasteiger partial charge in [-0.1, -0.05) is 29.8 Å². The third kappa shape index (κ3) is 3.46. The highest BCUT2D eigenvalue weighted by Crippen LogP contribution is 2.15. The first-order valence-electron chi connectivity index (χ1n) is 7.56. The molecular weight excluding hydrogens is 326 g/mol. The van der Waals surface area contributed by atoms with Crippen LogP contribution in [0.4, 0.5) is 5.69 Å². The smallest absolute Gasteiger partial charge is 0.272 e. The van der Waals surface area contributed by atoms with Crippen LogP contribution in [-0.4, -0.2) is 15.5 Å². The summed E-state index contributed by atoms with van der Waals surface area (Å²) in [4.78, 5) is 28.8. The molecule has 3 aromatic rings. The number of amides is 1. The fraction of sp³-hybridized carbons (Fsp3) is 0.167. The van der Waals surface area contributed by atoms with E-state index in [4.69, 9.17) is 11.6 Å². The molecule has 0 aliphatic carbocycles. The number of carbonyl (C=O) groups excluding carboxylic acids is 1. The first kappa shape index (κ1) is 16.2. The molecule has 0 bridgehead atoms. The molecule has 0 unspecified atom stereocenters. The molecule has 0 aliphatic rings. The summed E-state index contributed by atoms with van der Waals surface area (Å²) >= 11 is 5.90. The highest BCUT2D eigenvalue weighted by Gasteiger charge is 2.10. The van der Waals surface area contributed by atoms with Crippen molar-refractivity contribution in [2.75, 3.05) is 5.32 Å². The van der Waals surface area contributed by atoms with Gasteiger partial charge in [0.25, 0.3) is 5.56 Å². The predicted molar refractivity (Wildman–Crippen MR) is 95.4 cm³/mol. The Balaban J connectivity index is 1.79. The van der Waals surface area contributed by atoms with E-state index in [1.54, 1.807) is 35.8 Å². The largest absolute Gasteiger partial charge is 0.326 e. The third-order valence-corrected chi connectivity index (χ3v) is 3.92. The predicted octanol–water partition coefficient (Wildman–Crippen LogP) is 3.39. The number of nitrogens with one attached hydrogen (secondary N) is 1. The summed E-state index contributed by atoms with van der Waals surface area (Å²) in [5.41, 5.74) is 2.34. The van der Waals surface area contributed by atoms with Crippen LogP contribution in [0.1, 0.15) is 12.1 Å². The molecule has 0 spiro atoms. The summed E-state index contributed by atoms with van der Waals surface area (Å²) in [6.07, 6.45) is 0.180. The van der Waals surface area contributed by atoms with E-state index < -0.39 is 0 Å². The Morgan fingerprint density at radius 2 is 2.00 bits per heavy atom. The Labute approximate surface area is 143 Å². The molecule has 5 nitrogen and oxygen atoms in total. The number of hydrogen-bond donors (Lipinski definition) is 1. The molecule has 0 aliphatic heterocycles. The van der Waals surface area contributed by atoms with Crippen molar-refractivity contribution in [3.05, 3.63) is 69.6 Å². The molecule has 1 heterocycles. The van der Waals surface area contributed by atoms with Crippen molar-refractivity contribution in [1.82, 2.24) is 9.55 Å². The van der Waals surface area contributed by atoms with E-state index >= 15 is 0 Å². The average Bonchev–Trinajstić information content (AvgIpc) is 2.55. The van der Waals surface area contributed by atoms with Crippen molar-refractivity contribution in [1.29, 1.82) is 0 Å². The van der Waals surface area contributed by atoms with Crippen LogP contribution in [0, 0.1) is 6.92 Å². The maximum absolute atomic E-state index is 12.3. The number of aromatic nitrogens is 2. The zero-order chi connectivity index (χ0) is 17.1.